The Kier molecular flexibility index (Phi) is 8.27. The van der Waals surface area contributed by atoms with Crippen molar-refractivity contribution in [1.82, 2.24) is 10.6 Å². The van der Waals surface area contributed by atoms with Crippen molar-refractivity contribution in [2.45, 2.75) is 25.8 Å². The molecular formula is C24H34N4O3. The van der Waals surface area contributed by atoms with Gasteiger partial charge in [-0.2, -0.15) is 0 Å². The number of hydrogen-bond donors (Lipinski definition) is 2. The van der Waals surface area contributed by atoms with Crippen LogP contribution < -0.4 is 29.7 Å². The molecule has 3 rings (SSSR count). The molecule has 0 bridgehead atoms. The van der Waals surface area contributed by atoms with Crippen molar-refractivity contribution in [2.24, 2.45) is 4.99 Å². The van der Waals surface area contributed by atoms with Gasteiger partial charge in [-0.3, -0.25) is 4.99 Å². The molecule has 0 atom stereocenters. The van der Waals surface area contributed by atoms with E-state index in [1.165, 1.54) is 5.56 Å². The lowest BCUT2D eigenvalue weighted by atomic mass is 10.0. The largest absolute Gasteiger partial charge is 0.497 e. The smallest absolute Gasteiger partial charge is 0.191 e. The number of guanidine groups is 1. The van der Waals surface area contributed by atoms with Crippen LogP contribution in [0.15, 0.2) is 47.5 Å². The lowest BCUT2D eigenvalue weighted by Crippen LogP contribution is -2.49. The summed E-state index contributed by atoms with van der Waals surface area (Å²) in [5, 5.41) is 6.88. The highest BCUT2D eigenvalue weighted by Gasteiger charge is 2.21. The fraction of sp³-hybridized carbons (Fsp3) is 0.458. The van der Waals surface area contributed by atoms with Gasteiger partial charge in [0.1, 0.15) is 23.9 Å². The lowest BCUT2D eigenvalue weighted by Gasteiger charge is -2.34. The van der Waals surface area contributed by atoms with Crippen LogP contribution in [-0.4, -0.2) is 59.5 Å². The van der Waals surface area contributed by atoms with E-state index in [2.05, 4.69) is 45.6 Å². The Bertz CT molecular complexity index is 841. The molecule has 1 saturated heterocycles. The molecule has 0 aromatic heterocycles. The first-order chi connectivity index (χ1) is 15.1. The summed E-state index contributed by atoms with van der Waals surface area (Å²) in [7, 11) is 5.16. The molecule has 1 aliphatic heterocycles. The van der Waals surface area contributed by atoms with Crippen LogP contribution in [0.4, 0.5) is 5.69 Å². The van der Waals surface area contributed by atoms with Gasteiger partial charge in [-0.15, -0.1) is 0 Å². The fourth-order valence-corrected chi connectivity index (χ4v) is 3.69. The minimum Gasteiger partial charge on any atom is -0.497 e. The van der Waals surface area contributed by atoms with Crippen molar-refractivity contribution in [1.29, 1.82) is 0 Å². The lowest BCUT2D eigenvalue weighted by molar-refractivity contribution is 0.321. The third kappa shape index (κ3) is 6.70. The second-order valence-electron chi connectivity index (χ2n) is 7.64. The minimum atomic E-state index is 0.382. The van der Waals surface area contributed by atoms with Crippen LogP contribution in [0.1, 0.15) is 18.4 Å². The summed E-state index contributed by atoms with van der Waals surface area (Å²) in [4.78, 5) is 6.73. The third-order valence-corrected chi connectivity index (χ3v) is 5.41. The number of aliphatic imine (C=N–C) groups is 1. The quantitative estimate of drug-likeness (QED) is 0.384. The molecule has 7 heteroatoms. The van der Waals surface area contributed by atoms with Crippen molar-refractivity contribution in [2.75, 3.05) is 52.4 Å². The molecule has 1 heterocycles. The monoisotopic (exact) mass is 426 g/mol. The van der Waals surface area contributed by atoms with E-state index >= 15 is 0 Å². The second-order valence-corrected chi connectivity index (χ2v) is 7.64. The van der Waals surface area contributed by atoms with E-state index in [9.17, 15) is 0 Å². The van der Waals surface area contributed by atoms with Crippen molar-refractivity contribution in [3.63, 3.8) is 0 Å². The molecule has 0 saturated carbocycles. The maximum absolute atomic E-state index is 5.80. The van der Waals surface area contributed by atoms with Crippen LogP contribution in [0, 0.1) is 6.92 Å². The van der Waals surface area contributed by atoms with Gasteiger partial charge in [0, 0.05) is 50.1 Å². The Hall–Kier alpha value is -3.09. The molecule has 7 nitrogen and oxygen atoms in total. The first-order valence-electron chi connectivity index (χ1n) is 10.8. The first kappa shape index (κ1) is 22.6. The first-order valence-corrected chi connectivity index (χ1v) is 10.8. The number of aryl methyl sites for hydroxylation is 1. The molecule has 1 fully saturated rings. The van der Waals surface area contributed by atoms with Crippen LogP contribution in [0.5, 0.6) is 17.2 Å². The Balaban J connectivity index is 1.43. The summed E-state index contributed by atoms with van der Waals surface area (Å²) in [6.45, 7) is 5.26. The number of benzene rings is 2. The van der Waals surface area contributed by atoms with E-state index < -0.39 is 0 Å². The second kappa shape index (κ2) is 11.3. The molecular weight excluding hydrogens is 392 g/mol. The molecule has 2 aromatic rings. The number of ether oxygens (including phenoxy) is 3. The standard InChI is InChI=1S/C24H34N4O3/c1-18-6-5-7-21(14-18)31-13-10-26-24(25-2)27-19-8-11-28(12-9-19)20-15-22(29-3)17-23(16-20)30-4/h5-7,14-17,19H,8-13H2,1-4H3,(H2,25,26,27). The van der Waals surface area contributed by atoms with E-state index in [1.807, 2.05) is 24.3 Å². The van der Waals surface area contributed by atoms with Crippen molar-refractivity contribution >= 4 is 11.6 Å². The van der Waals surface area contributed by atoms with Gasteiger partial charge in [0.2, 0.25) is 0 Å². The maximum Gasteiger partial charge on any atom is 0.191 e. The normalized spacial score (nSPS) is 14.8. The topological polar surface area (TPSA) is 67.4 Å². The predicted octanol–water partition coefficient (Wildman–Crippen LogP) is 3.23. The zero-order valence-electron chi connectivity index (χ0n) is 19.0. The number of nitrogens with zero attached hydrogens (tertiary/aromatic N) is 2. The van der Waals surface area contributed by atoms with Crippen LogP contribution in [-0.2, 0) is 0 Å². The van der Waals surface area contributed by atoms with Gasteiger partial charge in [-0.25, -0.2) is 0 Å². The summed E-state index contributed by atoms with van der Waals surface area (Å²) in [6, 6.07) is 14.5. The molecule has 0 spiro atoms. The average molecular weight is 427 g/mol. The van der Waals surface area contributed by atoms with Gasteiger partial charge < -0.3 is 29.7 Å². The maximum atomic E-state index is 5.80. The number of piperidine rings is 1. The van der Waals surface area contributed by atoms with Crippen LogP contribution >= 0.6 is 0 Å². The highest BCUT2D eigenvalue weighted by molar-refractivity contribution is 5.80. The van der Waals surface area contributed by atoms with Gasteiger partial charge in [0.05, 0.1) is 20.8 Å². The SMILES string of the molecule is CN=C(NCCOc1cccc(C)c1)NC1CCN(c2cc(OC)cc(OC)c2)CC1. The number of hydrogen-bond acceptors (Lipinski definition) is 5. The molecule has 0 unspecified atom stereocenters. The molecule has 0 radical (unpaired) electrons. The molecule has 31 heavy (non-hydrogen) atoms. The van der Waals surface area contributed by atoms with E-state index in [-0.39, 0.29) is 0 Å². The molecule has 168 valence electrons. The number of anilines is 1. The molecule has 2 N–H and O–H groups in total. The van der Waals surface area contributed by atoms with Gasteiger partial charge in [0.25, 0.3) is 0 Å². The zero-order chi connectivity index (χ0) is 22.1. The number of methoxy groups -OCH3 is 2. The van der Waals surface area contributed by atoms with Crippen LogP contribution in [0.2, 0.25) is 0 Å². The Morgan fingerprint density at radius 1 is 1.03 bits per heavy atom. The highest BCUT2D eigenvalue weighted by atomic mass is 16.5. The van der Waals surface area contributed by atoms with Crippen molar-refractivity contribution in [3.05, 3.63) is 48.0 Å². The van der Waals surface area contributed by atoms with E-state index in [4.69, 9.17) is 14.2 Å². The van der Waals surface area contributed by atoms with Crippen LogP contribution in [0.25, 0.3) is 0 Å². The summed E-state index contributed by atoms with van der Waals surface area (Å²) in [6.07, 6.45) is 2.06. The van der Waals surface area contributed by atoms with Gasteiger partial charge in [0.15, 0.2) is 5.96 Å². The average Bonchev–Trinajstić information content (AvgIpc) is 2.81. The summed E-state index contributed by atoms with van der Waals surface area (Å²) >= 11 is 0. The third-order valence-electron chi connectivity index (χ3n) is 5.41. The molecule has 0 aliphatic carbocycles. The predicted molar refractivity (Wildman–Crippen MR) is 126 cm³/mol. The summed E-state index contributed by atoms with van der Waals surface area (Å²) in [5.74, 6) is 3.33. The van der Waals surface area contributed by atoms with Crippen molar-refractivity contribution < 1.29 is 14.2 Å². The minimum absolute atomic E-state index is 0.382. The van der Waals surface area contributed by atoms with Gasteiger partial charge in [-0.05, 0) is 37.5 Å². The summed E-state index contributed by atoms with van der Waals surface area (Å²) in [5.41, 5.74) is 2.33. The summed E-state index contributed by atoms with van der Waals surface area (Å²) < 4.78 is 16.6. The highest BCUT2D eigenvalue weighted by Crippen LogP contribution is 2.30. The van der Waals surface area contributed by atoms with Crippen LogP contribution in [0.3, 0.4) is 0 Å². The molecule has 0 amide bonds. The number of rotatable bonds is 8. The Labute approximate surface area is 185 Å². The van der Waals surface area contributed by atoms with E-state index in [0.717, 1.165) is 54.8 Å². The van der Waals surface area contributed by atoms with E-state index in [0.29, 0.717) is 19.2 Å². The fourth-order valence-electron chi connectivity index (χ4n) is 3.69. The number of nitrogens with one attached hydrogen (secondary N) is 2. The van der Waals surface area contributed by atoms with Gasteiger partial charge >= 0.3 is 0 Å². The Morgan fingerprint density at radius 3 is 2.35 bits per heavy atom. The van der Waals surface area contributed by atoms with E-state index in [1.54, 1.807) is 21.3 Å². The molecule has 2 aromatic carbocycles. The van der Waals surface area contributed by atoms with Crippen molar-refractivity contribution in [3.8, 4) is 17.2 Å². The van der Waals surface area contributed by atoms with Gasteiger partial charge in [-0.1, -0.05) is 12.1 Å². The molecule has 1 aliphatic rings. The zero-order valence-corrected chi connectivity index (χ0v) is 19.0. The Morgan fingerprint density at radius 2 is 1.74 bits per heavy atom.